The molecule has 1 N–H and O–H groups in total. The number of aromatic nitrogens is 1. The van der Waals surface area contributed by atoms with Crippen LogP contribution in [-0.2, 0) is 20.8 Å². The molecule has 3 rings (SSSR count). The predicted octanol–water partition coefficient (Wildman–Crippen LogP) is 3.18. The summed E-state index contributed by atoms with van der Waals surface area (Å²) in [5.74, 6) is -1.71. The van der Waals surface area contributed by atoms with Crippen molar-refractivity contribution in [3.8, 4) is 11.1 Å². The second-order valence-electron chi connectivity index (χ2n) is 6.36. The van der Waals surface area contributed by atoms with Gasteiger partial charge in [-0.15, -0.1) is 11.3 Å². The quantitative estimate of drug-likeness (QED) is 0.566. The number of rotatable bonds is 7. The number of hydrogen-bond donors (Lipinski definition) is 1. The van der Waals surface area contributed by atoms with E-state index in [-0.39, 0.29) is 24.3 Å². The Labute approximate surface area is 182 Å². The van der Waals surface area contributed by atoms with E-state index in [1.807, 2.05) is 30.3 Å². The van der Waals surface area contributed by atoms with Crippen LogP contribution >= 0.6 is 11.3 Å². The molecule has 9 heteroatoms. The third-order valence-electron chi connectivity index (χ3n) is 4.33. The van der Waals surface area contributed by atoms with Crippen LogP contribution in [0.15, 0.2) is 58.8 Å². The topological polar surface area (TPSA) is 104 Å². The molecule has 1 aromatic carbocycles. The van der Waals surface area contributed by atoms with Crippen LogP contribution in [0.4, 0.5) is 5.00 Å². The highest BCUT2D eigenvalue weighted by atomic mass is 32.1. The lowest BCUT2D eigenvalue weighted by molar-refractivity contribution is -0.116. The molecule has 0 aliphatic heterocycles. The monoisotopic (exact) mass is 440 g/mol. The minimum atomic E-state index is -0.621. The summed E-state index contributed by atoms with van der Waals surface area (Å²) >= 11 is 1.19. The van der Waals surface area contributed by atoms with E-state index in [2.05, 4.69) is 10.1 Å². The fourth-order valence-corrected chi connectivity index (χ4v) is 3.87. The minimum absolute atomic E-state index is 0.143. The molecule has 0 radical (unpaired) electrons. The molecule has 0 fully saturated rings. The summed E-state index contributed by atoms with van der Waals surface area (Å²) in [5, 5.41) is 4.77. The van der Waals surface area contributed by atoms with Gasteiger partial charge in [0.1, 0.15) is 17.1 Å². The first-order chi connectivity index (χ1) is 14.9. The zero-order chi connectivity index (χ0) is 22.4. The standard InChI is InChI=1S/C22H20N2O6S/c1-3-30-22(28)19-16(14-7-5-4-6-8-14)13-31-20(19)23-17(25)12-24-11-15(21(27)29-2)9-10-18(24)26/h4-11,13H,3,12H2,1-2H3,(H,23,25). The number of carbonyl (C=O) groups excluding carboxylic acids is 3. The predicted molar refractivity (Wildman–Crippen MR) is 116 cm³/mol. The number of amides is 1. The number of nitrogens with zero attached hydrogens (tertiary/aromatic N) is 1. The lowest BCUT2D eigenvalue weighted by Crippen LogP contribution is -2.28. The molecule has 0 unspecified atom stereocenters. The maximum absolute atomic E-state index is 12.6. The third kappa shape index (κ3) is 5.07. The Bertz CT molecular complexity index is 1170. The Hall–Kier alpha value is -3.72. The first-order valence-electron chi connectivity index (χ1n) is 9.37. The summed E-state index contributed by atoms with van der Waals surface area (Å²) < 4.78 is 10.9. The SMILES string of the molecule is CCOC(=O)c1c(-c2ccccc2)csc1NC(=O)Cn1cc(C(=O)OC)ccc1=O. The minimum Gasteiger partial charge on any atom is -0.465 e. The summed E-state index contributed by atoms with van der Waals surface area (Å²) in [6, 6.07) is 11.8. The number of thiophene rings is 1. The van der Waals surface area contributed by atoms with Crippen molar-refractivity contribution in [2.24, 2.45) is 0 Å². The zero-order valence-corrected chi connectivity index (χ0v) is 17.7. The fraction of sp³-hybridized carbons (Fsp3) is 0.182. The van der Waals surface area contributed by atoms with Gasteiger partial charge in [-0.2, -0.15) is 0 Å². The average molecular weight is 440 g/mol. The number of ether oxygens (including phenoxy) is 2. The smallest absolute Gasteiger partial charge is 0.341 e. The molecule has 31 heavy (non-hydrogen) atoms. The van der Waals surface area contributed by atoms with Crippen molar-refractivity contribution in [1.82, 2.24) is 4.57 Å². The molecule has 0 atom stereocenters. The van der Waals surface area contributed by atoms with Crippen molar-refractivity contribution in [2.45, 2.75) is 13.5 Å². The summed E-state index contributed by atoms with van der Waals surface area (Å²) in [6.45, 7) is 1.54. The van der Waals surface area contributed by atoms with Crippen molar-refractivity contribution in [3.63, 3.8) is 0 Å². The molecule has 0 spiro atoms. The van der Waals surface area contributed by atoms with E-state index in [4.69, 9.17) is 4.74 Å². The number of hydrogen-bond acceptors (Lipinski definition) is 7. The normalized spacial score (nSPS) is 10.4. The van der Waals surface area contributed by atoms with Gasteiger partial charge in [-0.05, 0) is 18.6 Å². The van der Waals surface area contributed by atoms with Crippen molar-refractivity contribution in [2.75, 3.05) is 19.0 Å². The van der Waals surface area contributed by atoms with Gasteiger partial charge in [-0.25, -0.2) is 9.59 Å². The van der Waals surface area contributed by atoms with Crippen LogP contribution in [-0.4, -0.2) is 36.1 Å². The summed E-state index contributed by atoms with van der Waals surface area (Å²) in [7, 11) is 1.22. The number of pyridine rings is 1. The Balaban J connectivity index is 1.88. The van der Waals surface area contributed by atoms with Crippen molar-refractivity contribution in [1.29, 1.82) is 0 Å². The number of esters is 2. The van der Waals surface area contributed by atoms with Crippen molar-refractivity contribution in [3.05, 3.63) is 75.5 Å². The number of carbonyl (C=O) groups is 3. The number of benzene rings is 1. The molecule has 0 aliphatic carbocycles. The molecular weight excluding hydrogens is 420 g/mol. The molecule has 160 valence electrons. The van der Waals surface area contributed by atoms with Crippen LogP contribution in [0.2, 0.25) is 0 Å². The number of methoxy groups -OCH3 is 1. The van der Waals surface area contributed by atoms with E-state index >= 15 is 0 Å². The van der Waals surface area contributed by atoms with Crippen LogP contribution in [0, 0.1) is 0 Å². The molecule has 1 amide bonds. The molecule has 0 saturated carbocycles. The second-order valence-corrected chi connectivity index (χ2v) is 7.24. The third-order valence-corrected chi connectivity index (χ3v) is 5.22. The highest BCUT2D eigenvalue weighted by Gasteiger charge is 2.23. The molecule has 3 aromatic rings. The Kier molecular flexibility index (Phi) is 6.99. The fourth-order valence-electron chi connectivity index (χ4n) is 2.90. The van der Waals surface area contributed by atoms with Gasteiger partial charge in [0.2, 0.25) is 5.91 Å². The molecular formula is C22H20N2O6S. The lowest BCUT2D eigenvalue weighted by Gasteiger charge is -2.10. The van der Waals surface area contributed by atoms with Gasteiger partial charge in [-0.3, -0.25) is 9.59 Å². The maximum atomic E-state index is 12.6. The van der Waals surface area contributed by atoms with E-state index in [9.17, 15) is 19.2 Å². The van der Waals surface area contributed by atoms with E-state index in [0.717, 1.165) is 10.1 Å². The van der Waals surface area contributed by atoms with Crippen molar-refractivity contribution >= 4 is 34.2 Å². The Morgan fingerprint density at radius 1 is 1.06 bits per heavy atom. The van der Waals surface area contributed by atoms with Gasteiger partial charge in [0.25, 0.3) is 5.56 Å². The van der Waals surface area contributed by atoms with Crippen LogP contribution < -0.4 is 10.9 Å². The van der Waals surface area contributed by atoms with E-state index in [1.54, 1.807) is 12.3 Å². The van der Waals surface area contributed by atoms with Crippen LogP contribution in [0.25, 0.3) is 11.1 Å². The first kappa shape index (κ1) is 22.0. The largest absolute Gasteiger partial charge is 0.465 e. The lowest BCUT2D eigenvalue weighted by atomic mass is 10.0. The Morgan fingerprint density at radius 3 is 2.48 bits per heavy atom. The average Bonchev–Trinajstić information content (AvgIpc) is 3.19. The van der Waals surface area contributed by atoms with E-state index in [1.165, 1.54) is 36.8 Å². The summed E-state index contributed by atoms with van der Waals surface area (Å²) in [6.07, 6.45) is 1.25. The first-order valence-corrected chi connectivity index (χ1v) is 10.2. The van der Waals surface area contributed by atoms with E-state index in [0.29, 0.717) is 10.6 Å². The van der Waals surface area contributed by atoms with Gasteiger partial charge in [0.15, 0.2) is 0 Å². The molecule has 0 aliphatic rings. The highest BCUT2D eigenvalue weighted by molar-refractivity contribution is 7.15. The number of anilines is 1. The zero-order valence-electron chi connectivity index (χ0n) is 16.9. The summed E-state index contributed by atoms with van der Waals surface area (Å²) in [5.41, 5.74) is 1.39. The highest BCUT2D eigenvalue weighted by Crippen LogP contribution is 2.36. The number of nitrogens with one attached hydrogen (secondary N) is 1. The Morgan fingerprint density at radius 2 is 1.81 bits per heavy atom. The molecule has 2 aromatic heterocycles. The second kappa shape index (κ2) is 9.86. The van der Waals surface area contributed by atoms with Gasteiger partial charge >= 0.3 is 11.9 Å². The molecule has 2 heterocycles. The molecule has 0 bridgehead atoms. The molecule has 8 nitrogen and oxygen atoms in total. The van der Waals surface area contributed by atoms with Crippen molar-refractivity contribution < 1.29 is 23.9 Å². The van der Waals surface area contributed by atoms with Crippen LogP contribution in [0.1, 0.15) is 27.6 Å². The van der Waals surface area contributed by atoms with Gasteiger partial charge in [0.05, 0.1) is 19.3 Å². The van der Waals surface area contributed by atoms with Gasteiger partial charge < -0.3 is 19.4 Å². The van der Waals surface area contributed by atoms with E-state index < -0.39 is 23.4 Å². The van der Waals surface area contributed by atoms with Gasteiger partial charge in [0, 0.05) is 23.2 Å². The molecule has 0 saturated heterocycles. The van der Waals surface area contributed by atoms with Gasteiger partial charge in [-0.1, -0.05) is 30.3 Å². The maximum Gasteiger partial charge on any atom is 0.341 e. The van der Waals surface area contributed by atoms with Crippen LogP contribution in [0.5, 0.6) is 0 Å². The summed E-state index contributed by atoms with van der Waals surface area (Å²) in [4.78, 5) is 49.0. The van der Waals surface area contributed by atoms with Crippen LogP contribution in [0.3, 0.4) is 0 Å².